The maximum absolute atomic E-state index is 11.9. The molecule has 0 aliphatic heterocycles. The van der Waals surface area contributed by atoms with Crippen LogP contribution in [0.4, 0.5) is 11.4 Å². The molecule has 0 aliphatic rings. The van der Waals surface area contributed by atoms with Gasteiger partial charge < -0.3 is 20.1 Å². The third-order valence-corrected chi connectivity index (χ3v) is 4.94. The van der Waals surface area contributed by atoms with Gasteiger partial charge in [-0.1, -0.05) is 71.3 Å². The molecule has 0 unspecified atom stereocenters. The Morgan fingerprint density at radius 3 is 2.29 bits per heavy atom. The van der Waals surface area contributed by atoms with E-state index in [0.29, 0.717) is 5.75 Å². The fourth-order valence-electron chi connectivity index (χ4n) is 3.17. The van der Waals surface area contributed by atoms with Gasteiger partial charge in [-0.25, -0.2) is 4.79 Å². The second-order valence-electron chi connectivity index (χ2n) is 7.57. The third-order valence-electron chi connectivity index (χ3n) is 4.94. The van der Waals surface area contributed by atoms with Gasteiger partial charge >= 0.3 is 5.97 Å². The molecule has 0 aliphatic carbocycles. The maximum Gasteiger partial charge on any atom is 0.335 e. The predicted octanol–water partition coefficient (Wildman–Crippen LogP) is 7.03. The monoisotopic (exact) mass is 428 g/mol. The van der Waals surface area contributed by atoms with Crippen molar-refractivity contribution < 1.29 is 14.6 Å². The summed E-state index contributed by atoms with van der Waals surface area (Å²) in [5, 5.41) is 13.1. The van der Waals surface area contributed by atoms with Crippen molar-refractivity contribution in [1.82, 2.24) is 0 Å². The number of aromatic carboxylic acids is 1. The number of nitrogens with one attached hydrogen (secondary N) is 1. The molecule has 0 saturated heterocycles. The van der Waals surface area contributed by atoms with E-state index >= 15 is 0 Å². The molecule has 1 rings (SSSR count). The van der Waals surface area contributed by atoms with Crippen molar-refractivity contribution in [3.8, 4) is 5.75 Å². The van der Waals surface area contributed by atoms with E-state index in [1.165, 1.54) is 0 Å². The van der Waals surface area contributed by atoms with Crippen LogP contribution in [0.5, 0.6) is 5.75 Å². The van der Waals surface area contributed by atoms with Crippen molar-refractivity contribution in [2.45, 2.75) is 65.7 Å². The van der Waals surface area contributed by atoms with Crippen LogP contribution >= 0.6 is 0 Å². The molecular formula is C26H40N2O3. The summed E-state index contributed by atoms with van der Waals surface area (Å²) in [5.41, 5.74) is 1.83. The van der Waals surface area contributed by atoms with Gasteiger partial charge in [0.05, 0.1) is 23.2 Å². The summed E-state index contributed by atoms with van der Waals surface area (Å²) in [6.07, 6.45) is 16.3. The van der Waals surface area contributed by atoms with Gasteiger partial charge in [-0.15, -0.1) is 0 Å². The Morgan fingerprint density at radius 1 is 1.03 bits per heavy atom. The number of hydrogen-bond acceptors (Lipinski definition) is 4. The highest BCUT2D eigenvalue weighted by molar-refractivity contribution is 5.92. The van der Waals surface area contributed by atoms with E-state index in [2.05, 4.69) is 37.6 Å². The molecule has 31 heavy (non-hydrogen) atoms. The van der Waals surface area contributed by atoms with Crippen LogP contribution in [0.25, 0.3) is 0 Å². The van der Waals surface area contributed by atoms with Gasteiger partial charge in [-0.05, 0) is 37.5 Å². The number of ether oxygens (including phenoxy) is 1. The average Bonchev–Trinajstić information content (AvgIpc) is 2.77. The number of carboxylic acid groups (broad SMARTS) is 1. The largest absolute Gasteiger partial charge is 0.478 e. The Morgan fingerprint density at radius 2 is 1.71 bits per heavy atom. The fourth-order valence-corrected chi connectivity index (χ4v) is 3.17. The van der Waals surface area contributed by atoms with Gasteiger partial charge in [0, 0.05) is 19.6 Å². The van der Waals surface area contributed by atoms with Gasteiger partial charge in [0.25, 0.3) is 0 Å². The van der Waals surface area contributed by atoms with E-state index in [1.54, 1.807) is 30.5 Å². The smallest absolute Gasteiger partial charge is 0.335 e. The van der Waals surface area contributed by atoms with Crippen molar-refractivity contribution in [2.75, 3.05) is 29.9 Å². The van der Waals surface area contributed by atoms with Crippen molar-refractivity contribution >= 4 is 17.3 Å². The molecular weight excluding hydrogens is 388 g/mol. The number of anilines is 2. The standard InChI is InChI=1S/C26H40N2O3/c1-5-9-13-15-19-31-25-23(27-16-14-10-6-2)20-22(26(29)30)21-24(25)28(17-11-7-3)18-12-8-4/h5,9,13,15,19-21,27H,1,6-8,10-12,14,16-18H2,2-4H3,(H,29,30)/b13-9-,19-15+. The molecule has 0 amide bonds. The molecule has 1 aromatic carbocycles. The van der Waals surface area contributed by atoms with Crippen LogP contribution < -0.4 is 15.0 Å². The Bertz CT molecular complexity index is 718. The number of nitrogens with zero attached hydrogens (tertiary/aromatic N) is 1. The molecule has 5 heteroatoms. The zero-order chi connectivity index (χ0) is 22.9. The van der Waals surface area contributed by atoms with E-state index < -0.39 is 5.97 Å². The van der Waals surface area contributed by atoms with Gasteiger partial charge in [0.15, 0.2) is 5.75 Å². The molecule has 1 aromatic rings. The van der Waals surface area contributed by atoms with Gasteiger partial charge in [0.1, 0.15) is 0 Å². The highest BCUT2D eigenvalue weighted by Gasteiger charge is 2.20. The fraction of sp³-hybridized carbons (Fsp3) is 0.500. The first-order valence-corrected chi connectivity index (χ1v) is 11.6. The second-order valence-corrected chi connectivity index (χ2v) is 7.57. The van der Waals surface area contributed by atoms with Crippen molar-refractivity contribution in [3.05, 3.63) is 54.8 Å². The summed E-state index contributed by atoms with van der Waals surface area (Å²) in [4.78, 5) is 14.1. The Balaban J connectivity index is 3.40. The first-order valence-electron chi connectivity index (χ1n) is 11.6. The summed E-state index contributed by atoms with van der Waals surface area (Å²) in [5.74, 6) is -0.253. The normalized spacial score (nSPS) is 11.2. The molecule has 2 N–H and O–H groups in total. The van der Waals surface area contributed by atoms with E-state index in [0.717, 1.165) is 76.0 Å². The van der Waals surface area contributed by atoms with Crippen LogP contribution in [0, 0.1) is 0 Å². The van der Waals surface area contributed by atoms with Crippen molar-refractivity contribution in [3.63, 3.8) is 0 Å². The molecule has 0 heterocycles. The van der Waals surface area contributed by atoms with Crippen LogP contribution in [0.3, 0.4) is 0 Å². The highest BCUT2D eigenvalue weighted by atomic mass is 16.5. The van der Waals surface area contributed by atoms with Crippen LogP contribution in [-0.2, 0) is 0 Å². The van der Waals surface area contributed by atoms with E-state index in [1.807, 2.05) is 12.2 Å². The van der Waals surface area contributed by atoms with Crippen LogP contribution in [-0.4, -0.2) is 30.7 Å². The average molecular weight is 429 g/mol. The molecule has 0 fully saturated rings. The van der Waals surface area contributed by atoms with Crippen LogP contribution in [0.15, 0.2) is 49.3 Å². The highest BCUT2D eigenvalue weighted by Crippen LogP contribution is 2.38. The molecule has 172 valence electrons. The summed E-state index contributed by atoms with van der Waals surface area (Å²) in [6, 6.07) is 3.42. The number of unbranched alkanes of at least 4 members (excludes halogenated alkanes) is 4. The minimum Gasteiger partial charge on any atom is -0.478 e. The van der Waals surface area contributed by atoms with Gasteiger partial charge in [-0.2, -0.15) is 0 Å². The van der Waals surface area contributed by atoms with Gasteiger partial charge in [0.2, 0.25) is 0 Å². The Hall–Kier alpha value is -2.69. The Labute approximate surface area is 188 Å². The number of allylic oxidation sites excluding steroid dienone is 4. The molecule has 0 spiro atoms. The molecule has 0 bridgehead atoms. The van der Waals surface area contributed by atoms with E-state index in [4.69, 9.17) is 4.74 Å². The van der Waals surface area contributed by atoms with Crippen molar-refractivity contribution in [1.29, 1.82) is 0 Å². The predicted molar refractivity (Wildman–Crippen MR) is 133 cm³/mol. The maximum atomic E-state index is 11.9. The number of carboxylic acids is 1. The van der Waals surface area contributed by atoms with Crippen LogP contribution in [0.2, 0.25) is 0 Å². The zero-order valence-electron chi connectivity index (χ0n) is 19.5. The number of hydrogen-bond donors (Lipinski definition) is 2. The lowest BCUT2D eigenvalue weighted by Crippen LogP contribution is -2.26. The summed E-state index contributed by atoms with van der Waals surface area (Å²) in [7, 11) is 0. The van der Waals surface area contributed by atoms with Crippen molar-refractivity contribution in [2.24, 2.45) is 0 Å². The second kappa shape index (κ2) is 16.1. The number of carbonyl (C=O) groups is 1. The molecule has 0 saturated carbocycles. The third kappa shape index (κ3) is 9.77. The van der Waals surface area contributed by atoms with Gasteiger partial charge in [-0.3, -0.25) is 0 Å². The number of rotatable bonds is 17. The molecule has 5 nitrogen and oxygen atoms in total. The molecule has 0 atom stereocenters. The first-order chi connectivity index (χ1) is 15.1. The summed E-state index contributed by atoms with van der Waals surface area (Å²) >= 11 is 0. The lowest BCUT2D eigenvalue weighted by molar-refractivity contribution is 0.0697. The minimum absolute atomic E-state index is 0.272. The lowest BCUT2D eigenvalue weighted by Gasteiger charge is -2.28. The SMILES string of the molecule is C=C/C=C\C=C\Oc1c(NCCCCC)cc(C(=O)O)cc1N(CCCC)CCCC. The van der Waals surface area contributed by atoms with E-state index in [9.17, 15) is 9.90 Å². The summed E-state index contributed by atoms with van der Waals surface area (Å²) in [6.45, 7) is 12.7. The number of benzene rings is 1. The van der Waals surface area contributed by atoms with Crippen LogP contribution in [0.1, 0.15) is 76.1 Å². The first kappa shape index (κ1) is 26.3. The minimum atomic E-state index is -0.931. The topological polar surface area (TPSA) is 61.8 Å². The van der Waals surface area contributed by atoms with E-state index in [-0.39, 0.29) is 5.56 Å². The molecule has 0 radical (unpaired) electrons. The zero-order valence-corrected chi connectivity index (χ0v) is 19.5. The quantitative estimate of drug-likeness (QED) is 0.158. The Kier molecular flexibility index (Phi) is 13.6. The molecule has 0 aromatic heterocycles. The summed E-state index contributed by atoms with van der Waals surface area (Å²) < 4.78 is 6.08. The lowest BCUT2D eigenvalue weighted by atomic mass is 10.1.